The summed E-state index contributed by atoms with van der Waals surface area (Å²) in [7, 11) is 0.104. The highest BCUT2D eigenvalue weighted by Crippen LogP contribution is 2.35. The minimum atomic E-state index is -1.45. The molecule has 2 rings (SSSR count). The summed E-state index contributed by atoms with van der Waals surface area (Å²) in [4.78, 5) is 63.9. The minimum absolute atomic E-state index is 0.189. The molecule has 212 valence electrons. The lowest BCUT2D eigenvalue weighted by atomic mass is 10.1. The van der Waals surface area contributed by atoms with Crippen molar-refractivity contribution in [3.63, 3.8) is 0 Å². The van der Waals surface area contributed by atoms with Gasteiger partial charge < -0.3 is 25.5 Å². The van der Waals surface area contributed by atoms with Crippen LogP contribution < -0.4 is 5.32 Å². The smallest absolute Gasteiger partial charge is 0.317 e. The predicted octanol–water partition coefficient (Wildman–Crippen LogP) is -0.632. The number of carboxylic acids is 3. The summed E-state index contributed by atoms with van der Waals surface area (Å²) in [6, 6.07) is 7.01. The molecule has 1 saturated heterocycles. The highest BCUT2D eigenvalue weighted by molar-refractivity contribution is 7.50. The Morgan fingerprint density at radius 3 is 1.42 bits per heavy atom. The van der Waals surface area contributed by atoms with Crippen molar-refractivity contribution in [1.29, 1.82) is 0 Å². The molecule has 0 bridgehead atoms. The van der Waals surface area contributed by atoms with Gasteiger partial charge >= 0.3 is 17.9 Å². The van der Waals surface area contributed by atoms with Crippen LogP contribution in [-0.4, -0.2) is 149 Å². The lowest BCUT2D eigenvalue weighted by Crippen LogP contribution is -2.48. The number of hydrogen-bond acceptors (Lipinski definition) is 9. The number of amides is 1. The van der Waals surface area contributed by atoms with Gasteiger partial charge in [-0.25, -0.2) is 0 Å². The molecular weight excluding hydrogens is 517 g/mol. The summed E-state index contributed by atoms with van der Waals surface area (Å²) < 4.78 is 0. The Hall–Kier alpha value is -2.67. The van der Waals surface area contributed by atoms with E-state index in [1.807, 2.05) is 4.90 Å². The van der Waals surface area contributed by atoms with Gasteiger partial charge in [-0.05, 0) is 17.7 Å². The van der Waals surface area contributed by atoms with Crippen LogP contribution in [0.1, 0.15) is 15.9 Å². The van der Waals surface area contributed by atoms with E-state index in [4.69, 9.17) is 0 Å². The van der Waals surface area contributed by atoms with E-state index in [0.717, 1.165) is 5.56 Å². The van der Waals surface area contributed by atoms with Crippen molar-refractivity contribution in [3.05, 3.63) is 35.4 Å². The summed E-state index contributed by atoms with van der Waals surface area (Å²) in [5.41, 5.74) is 1.42. The fourth-order valence-electron chi connectivity index (χ4n) is 4.17. The molecule has 1 aromatic carbocycles. The monoisotopic (exact) mass is 555 g/mol. The molecule has 0 aromatic heterocycles. The number of hydrogen-bond donors (Lipinski definition) is 5. The average molecular weight is 556 g/mol. The van der Waals surface area contributed by atoms with Gasteiger partial charge in [0.15, 0.2) is 0 Å². The molecule has 1 aliphatic heterocycles. The van der Waals surface area contributed by atoms with Gasteiger partial charge in [0.05, 0.1) is 19.6 Å². The fourth-order valence-corrected chi connectivity index (χ4v) is 5.64. The summed E-state index contributed by atoms with van der Waals surface area (Å²) in [5, 5.41) is 30.5. The van der Waals surface area contributed by atoms with E-state index in [9.17, 15) is 39.4 Å². The van der Waals surface area contributed by atoms with Crippen molar-refractivity contribution in [2.24, 2.45) is 0 Å². The maximum Gasteiger partial charge on any atom is 0.317 e. The second-order valence-corrected chi connectivity index (χ2v) is 10.8. The Balaban J connectivity index is 2.10. The van der Waals surface area contributed by atoms with Gasteiger partial charge in [0.1, 0.15) is 0 Å². The number of aliphatic carboxylic acids is 3. The van der Waals surface area contributed by atoms with Crippen molar-refractivity contribution in [1.82, 2.24) is 24.9 Å². The Bertz CT molecular complexity index is 903. The van der Waals surface area contributed by atoms with Crippen LogP contribution in [0.4, 0.5) is 0 Å². The molecule has 0 saturated carbocycles. The standard InChI is InChI=1S/C24H38N5O8P/c1-25-24(36)20-4-2-19(3-5-20)17-38(37)18-29-12-10-27(15-22(32)33)8-6-26(14-21(30)31)7-9-28(11-13-29)16-23(34)35/h2-5,37H,6-18H2,1H3,(H,25,36)(H,30,31)(H,32,33)(H,34,35). The van der Waals surface area contributed by atoms with Gasteiger partial charge in [0, 0.05) is 85.6 Å². The first-order chi connectivity index (χ1) is 18.0. The lowest BCUT2D eigenvalue weighted by molar-refractivity contribution is -0.140. The Morgan fingerprint density at radius 2 is 1.08 bits per heavy atom. The van der Waals surface area contributed by atoms with Gasteiger partial charge in [-0.3, -0.25) is 38.8 Å². The van der Waals surface area contributed by atoms with Gasteiger partial charge in [-0.2, -0.15) is 0 Å². The third-order valence-electron chi connectivity index (χ3n) is 6.18. The molecule has 5 N–H and O–H groups in total. The van der Waals surface area contributed by atoms with E-state index in [1.54, 1.807) is 46.0 Å². The number of carboxylic acid groups (broad SMARTS) is 3. The number of nitrogens with zero attached hydrogens (tertiary/aromatic N) is 4. The number of carbonyl (C=O) groups excluding carboxylic acids is 1. The SMILES string of the molecule is CNC(=O)c1ccc(CP(O)CN2CCN(CC(=O)O)CCN(CC(=O)O)CCN(CC(=O)O)CC2)cc1. The molecule has 1 amide bonds. The Labute approximate surface area is 223 Å². The first-order valence-electron chi connectivity index (χ1n) is 12.4. The quantitative estimate of drug-likeness (QED) is 0.219. The number of rotatable bonds is 11. The first-order valence-corrected chi connectivity index (χ1v) is 14.0. The molecular formula is C24H38N5O8P. The molecule has 0 aliphatic carbocycles. The minimum Gasteiger partial charge on any atom is -0.480 e. The third-order valence-corrected chi connectivity index (χ3v) is 7.63. The maximum absolute atomic E-state index is 11.7. The summed E-state index contributed by atoms with van der Waals surface area (Å²) >= 11 is 0. The van der Waals surface area contributed by atoms with E-state index in [0.29, 0.717) is 70.4 Å². The highest BCUT2D eigenvalue weighted by Gasteiger charge is 2.21. The fraction of sp³-hybridized carbons (Fsp3) is 0.583. The molecule has 1 fully saturated rings. The highest BCUT2D eigenvalue weighted by atomic mass is 31.1. The van der Waals surface area contributed by atoms with E-state index in [1.165, 1.54) is 0 Å². The zero-order valence-electron chi connectivity index (χ0n) is 21.7. The van der Waals surface area contributed by atoms with Crippen LogP contribution >= 0.6 is 8.15 Å². The average Bonchev–Trinajstić information content (AvgIpc) is 2.84. The van der Waals surface area contributed by atoms with Crippen molar-refractivity contribution in [2.45, 2.75) is 6.16 Å². The summed E-state index contributed by atoms with van der Waals surface area (Å²) in [6.45, 7) is 2.48. The number of benzene rings is 1. The Morgan fingerprint density at radius 1 is 0.711 bits per heavy atom. The van der Waals surface area contributed by atoms with Crippen LogP contribution in [0.15, 0.2) is 24.3 Å². The third kappa shape index (κ3) is 12.2. The van der Waals surface area contributed by atoms with E-state index < -0.39 is 26.1 Å². The second kappa shape index (κ2) is 16.3. The van der Waals surface area contributed by atoms with E-state index in [2.05, 4.69) is 5.32 Å². The van der Waals surface area contributed by atoms with E-state index >= 15 is 0 Å². The van der Waals surface area contributed by atoms with Gasteiger partial charge in [-0.15, -0.1) is 0 Å². The Kier molecular flexibility index (Phi) is 13.6. The van der Waals surface area contributed by atoms with Crippen molar-refractivity contribution >= 4 is 32.0 Å². The predicted molar refractivity (Wildman–Crippen MR) is 141 cm³/mol. The van der Waals surface area contributed by atoms with Gasteiger partial charge in [-0.1, -0.05) is 12.1 Å². The van der Waals surface area contributed by atoms with Crippen LogP contribution in [0.3, 0.4) is 0 Å². The number of nitrogens with one attached hydrogen (secondary N) is 1. The van der Waals surface area contributed by atoms with Crippen LogP contribution in [0.5, 0.6) is 0 Å². The van der Waals surface area contributed by atoms with Crippen molar-refractivity contribution in [3.8, 4) is 0 Å². The molecule has 14 heteroatoms. The first kappa shape index (κ1) is 31.5. The summed E-state index contributed by atoms with van der Waals surface area (Å²) in [5.74, 6) is -3.15. The molecule has 38 heavy (non-hydrogen) atoms. The van der Waals surface area contributed by atoms with E-state index in [-0.39, 0.29) is 25.5 Å². The largest absolute Gasteiger partial charge is 0.480 e. The maximum atomic E-state index is 11.7. The molecule has 1 aromatic rings. The molecule has 1 aliphatic rings. The van der Waals surface area contributed by atoms with Crippen molar-refractivity contribution in [2.75, 3.05) is 85.3 Å². The molecule has 1 heterocycles. The molecule has 1 unspecified atom stereocenters. The molecule has 13 nitrogen and oxygen atoms in total. The molecule has 0 radical (unpaired) electrons. The normalized spacial score (nSPS) is 18.2. The lowest BCUT2D eigenvalue weighted by Gasteiger charge is -2.33. The van der Waals surface area contributed by atoms with Gasteiger partial charge in [0.2, 0.25) is 0 Å². The molecule has 1 atom stereocenters. The topological polar surface area (TPSA) is 174 Å². The van der Waals surface area contributed by atoms with Crippen molar-refractivity contribution < 1.29 is 39.4 Å². The zero-order chi connectivity index (χ0) is 28.1. The zero-order valence-corrected chi connectivity index (χ0v) is 22.6. The molecule has 0 spiro atoms. The summed E-state index contributed by atoms with van der Waals surface area (Å²) in [6.07, 6.45) is 0.779. The number of carbonyl (C=O) groups is 4. The van der Waals surface area contributed by atoms with Gasteiger partial charge in [0.25, 0.3) is 5.91 Å². The second-order valence-electron chi connectivity index (χ2n) is 9.21. The van der Waals surface area contributed by atoms with Crippen LogP contribution in [0.2, 0.25) is 0 Å². The van der Waals surface area contributed by atoms with Crippen LogP contribution in [-0.2, 0) is 20.5 Å². The van der Waals surface area contributed by atoms with Crippen LogP contribution in [0.25, 0.3) is 0 Å². The van der Waals surface area contributed by atoms with Crippen LogP contribution in [0, 0.1) is 0 Å².